The van der Waals surface area contributed by atoms with E-state index < -0.39 is 5.97 Å². The number of carbonyl (C=O) groups is 1. The molecule has 2 heterocycles. The molecule has 0 saturated carbocycles. The summed E-state index contributed by atoms with van der Waals surface area (Å²) in [7, 11) is 3.52. The number of nitrogens with zero attached hydrogens (tertiary/aromatic N) is 1. The van der Waals surface area contributed by atoms with Gasteiger partial charge < -0.3 is 19.4 Å². The summed E-state index contributed by atoms with van der Waals surface area (Å²) in [6, 6.07) is 3.46. The average molecular weight is 266 g/mol. The fraction of sp³-hybridized carbons (Fsp3) is 0.643. The fourth-order valence-electron chi connectivity index (χ4n) is 2.35. The van der Waals surface area contributed by atoms with Crippen molar-refractivity contribution in [3.05, 3.63) is 23.7 Å². The normalized spacial score (nSPS) is 17.6. The summed E-state index contributed by atoms with van der Waals surface area (Å²) in [6.07, 6.45) is 2.49. The van der Waals surface area contributed by atoms with Crippen molar-refractivity contribution < 1.29 is 13.9 Å². The number of nitrogens with one attached hydrogen (secondary N) is 1. The maximum atomic E-state index is 11.2. The number of carbonyl (C=O) groups excluding carboxylic acids is 1. The third-order valence-electron chi connectivity index (χ3n) is 3.62. The third kappa shape index (κ3) is 4.08. The van der Waals surface area contributed by atoms with E-state index in [2.05, 4.69) is 22.0 Å². The van der Waals surface area contributed by atoms with Gasteiger partial charge in [-0.25, -0.2) is 4.79 Å². The Kier molecular flexibility index (Phi) is 4.99. The summed E-state index contributed by atoms with van der Waals surface area (Å²) in [5, 5.41) is 3.39. The van der Waals surface area contributed by atoms with Gasteiger partial charge in [0.05, 0.1) is 13.7 Å². The van der Waals surface area contributed by atoms with Gasteiger partial charge >= 0.3 is 5.97 Å². The Morgan fingerprint density at radius 1 is 1.47 bits per heavy atom. The molecule has 1 saturated heterocycles. The van der Waals surface area contributed by atoms with E-state index in [-0.39, 0.29) is 5.76 Å². The highest BCUT2D eigenvalue weighted by atomic mass is 16.5. The van der Waals surface area contributed by atoms with Gasteiger partial charge in [-0.15, -0.1) is 0 Å². The Hall–Kier alpha value is -1.33. The second kappa shape index (κ2) is 6.73. The van der Waals surface area contributed by atoms with Crippen LogP contribution in [0.25, 0.3) is 0 Å². The maximum absolute atomic E-state index is 11.2. The second-order valence-electron chi connectivity index (χ2n) is 5.14. The van der Waals surface area contributed by atoms with E-state index in [1.54, 1.807) is 6.07 Å². The Balaban J connectivity index is 1.71. The summed E-state index contributed by atoms with van der Waals surface area (Å²) >= 11 is 0. The molecule has 1 aliphatic heterocycles. The highest BCUT2D eigenvalue weighted by molar-refractivity contribution is 5.86. The van der Waals surface area contributed by atoms with Crippen LogP contribution in [0.3, 0.4) is 0 Å². The molecular formula is C14H22N2O3. The van der Waals surface area contributed by atoms with Gasteiger partial charge in [0.25, 0.3) is 0 Å². The number of methoxy groups -OCH3 is 1. The van der Waals surface area contributed by atoms with Gasteiger partial charge in [0.2, 0.25) is 5.76 Å². The van der Waals surface area contributed by atoms with Crippen LogP contribution in [-0.2, 0) is 11.3 Å². The number of furan rings is 1. The van der Waals surface area contributed by atoms with E-state index in [9.17, 15) is 4.79 Å². The monoisotopic (exact) mass is 266 g/mol. The molecule has 1 aromatic heterocycles. The van der Waals surface area contributed by atoms with Crippen LogP contribution in [0.15, 0.2) is 16.5 Å². The first-order chi connectivity index (χ1) is 9.19. The summed E-state index contributed by atoms with van der Waals surface area (Å²) in [5.74, 6) is 1.35. The Morgan fingerprint density at radius 3 is 2.89 bits per heavy atom. The van der Waals surface area contributed by atoms with Gasteiger partial charge in [-0.05, 0) is 57.6 Å². The molecule has 1 N–H and O–H groups in total. The molecule has 0 spiro atoms. The van der Waals surface area contributed by atoms with Crippen LogP contribution in [0.5, 0.6) is 0 Å². The minimum absolute atomic E-state index is 0.263. The maximum Gasteiger partial charge on any atom is 0.373 e. The predicted octanol–water partition coefficient (Wildman–Crippen LogP) is 1.50. The van der Waals surface area contributed by atoms with E-state index >= 15 is 0 Å². The van der Waals surface area contributed by atoms with Crippen LogP contribution in [0.2, 0.25) is 0 Å². The molecule has 0 radical (unpaired) electrons. The van der Waals surface area contributed by atoms with E-state index in [0.717, 1.165) is 18.2 Å². The van der Waals surface area contributed by atoms with Crippen LogP contribution in [0.1, 0.15) is 29.2 Å². The number of ether oxygens (including phenoxy) is 1. The van der Waals surface area contributed by atoms with Crippen molar-refractivity contribution in [2.24, 2.45) is 5.92 Å². The SMILES string of the molecule is COC(=O)c1ccc(CNCC2CCN(C)CC2)o1. The van der Waals surface area contributed by atoms with Gasteiger partial charge in [-0.3, -0.25) is 0 Å². The highest BCUT2D eigenvalue weighted by Crippen LogP contribution is 2.15. The molecule has 0 unspecified atom stereocenters. The number of esters is 1. The highest BCUT2D eigenvalue weighted by Gasteiger charge is 2.16. The molecule has 2 rings (SSSR count). The van der Waals surface area contributed by atoms with Gasteiger partial charge in [0.1, 0.15) is 5.76 Å². The smallest absolute Gasteiger partial charge is 0.373 e. The van der Waals surface area contributed by atoms with E-state index in [0.29, 0.717) is 6.54 Å². The summed E-state index contributed by atoms with van der Waals surface area (Å²) in [4.78, 5) is 13.6. The van der Waals surface area contributed by atoms with Gasteiger partial charge in [-0.2, -0.15) is 0 Å². The number of hydrogen-bond acceptors (Lipinski definition) is 5. The lowest BCUT2D eigenvalue weighted by atomic mass is 9.97. The minimum atomic E-state index is -0.429. The summed E-state index contributed by atoms with van der Waals surface area (Å²) in [5.41, 5.74) is 0. The quantitative estimate of drug-likeness (QED) is 0.818. The zero-order valence-electron chi connectivity index (χ0n) is 11.6. The molecule has 0 amide bonds. The molecule has 1 aliphatic rings. The molecule has 1 aromatic rings. The van der Waals surface area contributed by atoms with Crippen LogP contribution in [-0.4, -0.2) is 44.7 Å². The number of rotatable bonds is 5. The lowest BCUT2D eigenvalue weighted by molar-refractivity contribution is 0.0563. The van der Waals surface area contributed by atoms with Gasteiger partial charge in [0.15, 0.2) is 0 Å². The van der Waals surface area contributed by atoms with Crippen molar-refractivity contribution >= 4 is 5.97 Å². The van der Waals surface area contributed by atoms with Crippen molar-refractivity contribution in [3.8, 4) is 0 Å². The van der Waals surface area contributed by atoms with Crippen LogP contribution < -0.4 is 5.32 Å². The molecule has 0 aliphatic carbocycles. The van der Waals surface area contributed by atoms with E-state index in [4.69, 9.17) is 4.42 Å². The Labute approximate surface area is 113 Å². The Morgan fingerprint density at radius 2 is 2.21 bits per heavy atom. The van der Waals surface area contributed by atoms with Gasteiger partial charge in [0, 0.05) is 0 Å². The third-order valence-corrected chi connectivity index (χ3v) is 3.62. The lowest BCUT2D eigenvalue weighted by Crippen LogP contribution is -2.34. The lowest BCUT2D eigenvalue weighted by Gasteiger charge is -2.28. The number of likely N-dealkylation sites (tertiary alicyclic amines) is 1. The molecule has 5 heteroatoms. The zero-order chi connectivity index (χ0) is 13.7. The molecule has 106 valence electrons. The number of piperidine rings is 1. The van der Waals surface area contributed by atoms with Crippen molar-refractivity contribution in [2.75, 3.05) is 33.8 Å². The van der Waals surface area contributed by atoms with Crippen molar-refractivity contribution in [1.82, 2.24) is 10.2 Å². The minimum Gasteiger partial charge on any atom is -0.463 e. The first-order valence-electron chi connectivity index (χ1n) is 6.75. The fourth-order valence-corrected chi connectivity index (χ4v) is 2.35. The molecule has 0 aromatic carbocycles. The van der Waals surface area contributed by atoms with Crippen molar-refractivity contribution in [2.45, 2.75) is 19.4 Å². The predicted molar refractivity (Wildman–Crippen MR) is 72.0 cm³/mol. The largest absolute Gasteiger partial charge is 0.463 e. The second-order valence-corrected chi connectivity index (χ2v) is 5.14. The van der Waals surface area contributed by atoms with Crippen molar-refractivity contribution in [3.63, 3.8) is 0 Å². The molecule has 1 fully saturated rings. The first-order valence-corrected chi connectivity index (χ1v) is 6.75. The van der Waals surface area contributed by atoms with Gasteiger partial charge in [-0.1, -0.05) is 0 Å². The number of hydrogen-bond donors (Lipinski definition) is 1. The van der Waals surface area contributed by atoms with Crippen molar-refractivity contribution in [1.29, 1.82) is 0 Å². The van der Waals surface area contributed by atoms with Crippen LogP contribution in [0, 0.1) is 5.92 Å². The summed E-state index contributed by atoms with van der Waals surface area (Å²) < 4.78 is 10.00. The van der Waals surface area contributed by atoms with E-state index in [1.807, 2.05) is 6.07 Å². The summed E-state index contributed by atoms with van der Waals surface area (Å²) in [6.45, 7) is 4.02. The first kappa shape index (κ1) is 14.1. The Bertz CT molecular complexity index is 409. The molecule has 0 atom stereocenters. The van der Waals surface area contributed by atoms with Crippen LogP contribution >= 0.6 is 0 Å². The molecule has 19 heavy (non-hydrogen) atoms. The van der Waals surface area contributed by atoms with E-state index in [1.165, 1.54) is 33.0 Å². The molecular weight excluding hydrogens is 244 g/mol. The topological polar surface area (TPSA) is 54.7 Å². The molecule has 0 bridgehead atoms. The zero-order valence-corrected chi connectivity index (χ0v) is 11.6. The average Bonchev–Trinajstić information content (AvgIpc) is 2.89. The standard InChI is InChI=1S/C14H22N2O3/c1-16-7-5-11(6-8-16)9-15-10-12-3-4-13(19-12)14(17)18-2/h3-4,11,15H,5-10H2,1-2H3. The van der Waals surface area contributed by atoms with Crippen LogP contribution in [0.4, 0.5) is 0 Å². The molecule has 5 nitrogen and oxygen atoms in total.